The number of hydrogen-bond donors (Lipinski definition) is 0. The largest absolute Gasteiger partial charge is 0.310 e. The van der Waals surface area contributed by atoms with Crippen LogP contribution in [0, 0.1) is 0 Å². The first-order valence-corrected chi connectivity index (χ1v) is 20.2. The van der Waals surface area contributed by atoms with Crippen molar-refractivity contribution in [2.75, 3.05) is 4.90 Å². The number of aromatic nitrogens is 3. The number of thiophene rings is 1. The second-order valence-corrected chi connectivity index (χ2v) is 15.5. The summed E-state index contributed by atoms with van der Waals surface area (Å²) >= 11 is 1.81. The van der Waals surface area contributed by atoms with Crippen molar-refractivity contribution in [3.63, 3.8) is 0 Å². The minimum absolute atomic E-state index is 0.652. The van der Waals surface area contributed by atoms with Crippen LogP contribution in [0.5, 0.6) is 0 Å². The van der Waals surface area contributed by atoms with Crippen LogP contribution >= 0.6 is 11.3 Å². The third-order valence-electron chi connectivity index (χ3n) is 10.9. The zero-order valence-electron chi connectivity index (χ0n) is 31.3. The Bertz CT molecular complexity index is 3210. The van der Waals surface area contributed by atoms with E-state index in [2.05, 4.69) is 150 Å². The molecule has 272 valence electrons. The summed E-state index contributed by atoms with van der Waals surface area (Å²) in [5.41, 5.74) is 8.60. The highest BCUT2D eigenvalue weighted by Crippen LogP contribution is 2.47. The Labute approximate surface area is 340 Å². The molecule has 0 amide bonds. The highest BCUT2D eigenvalue weighted by molar-refractivity contribution is 7.26. The summed E-state index contributed by atoms with van der Waals surface area (Å²) in [7, 11) is 0. The summed E-state index contributed by atoms with van der Waals surface area (Å²) in [6.45, 7) is 0. The highest BCUT2D eigenvalue weighted by Gasteiger charge is 2.21. The fraction of sp³-hybridized carbons (Fsp3) is 0. The molecule has 0 radical (unpaired) electrons. The standard InChI is InChI=1S/C53H34N4S/c1-4-14-35(15-5-1)37-24-28-42(29-25-37)57(43-30-26-36-16-10-11-21-40(36)32-43)47-34-49-50(45-23-13-12-22-44(45)47)46-31-27-41(33-48(46)58-49)53-55-51(38-17-6-2-7-18-38)54-52(56-53)39-19-8-3-9-20-39/h1-34H. The van der Waals surface area contributed by atoms with Crippen molar-refractivity contribution in [2.45, 2.75) is 0 Å². The summed E-state index contributed by atoms with van der Waals surface area (Å²) in [5, 5.41) is 7.31. The van der Waals surface area contributed by atoms with E-state index in [1.54, 1.807) is 0 Å². The number of nitrogens with zero attached hydrogens (tertiary/aromatic N) is 4. The maximum absolute atomic E-state index is 5.04. The van der Waals surface area contributed by atoms with Gasteiger partial charge in [-0.2, -0.15) is 0 Å². The second kappa shape index (κ2) is 14.2. The van der Waals surface area contributed by atoms with Crippen LogP contribution in [0.25, 0.3) is 87.0 Å². The topological polar surface area (TPSA) is 41.9 Å². The minimum Gasteiger partial charge on any atom is -0.310 e. The Balaban J connectivity index is 1.09. The normalized spacial score (nSPS) is 11.4. The average Bonchev–Trinajstić information content (AvgIpc) is 3.68. The average molecular weight is 759 g/mol. The fourth-order valence-electron chi connectivity index (χ4n) is 8.06. The van der Waals surface area contributed by atoms with E-state index in [0.29, 0.717) is 17.5 Å². The molecule has 5 heteroatoms. The van der Waals surface area contributed by atoms with Gasteiger partial charge in [0, 0.05) is 53.6 Å². The number of hydrogen-bond acceptors (Lipinski definition) is 5. The van der Waals surface area contributed by atoms with Crippen molar-refractivity contribution in [3.8, 4) is 45.3 Å². The first-order valence-electron chi connectivity index (χ1n) is 19.4. The predicted octanol–water partition coefficient (Wildman–Crippen LogP) is 14.7. The molecule has 0 saturated carbocycles. The molecule has 58 heavy (non-hydrogen) atoms. The monoisotopic (exact) mass is 758 g/mol. The molecule has 11 aromatic rings. The Morgan fingerprint density at radius 1 is 0.328 bits per heavy atom. The Hall–Kier alpha value is -7.47. The summed E-state index contributed by atoms with van der Waals surface area (Å²) in [5.74, 6) is 1.96. The van der Waals surface area contributed by atoms with E-state index >= 15 is 0 Å². The first kappa shape index (κ1) is 33.8. The number of fused-ring (bicyclic) bond motifs is 6. The van der Waals surface area contributed by atoms with E-state index in [1.165, 1.54) is 52.8 Å². The van der Waals surface area contributed by atoms with Gasteiger partial charge in [0.1, 0.15) is 0 Å². The van der Waals surface area contributed by atoms with Gasteiger partial charge in [0.05, 0.1) is 5.69 Å². The van der Waals surface area contributed by atoms with Gasteiger partial charge in [0.15, 0.2) is 17.5 Å². The maximum atomic E-state index is 5.04. The van der Waals surface area contributed by atoms with E-state index in [9.17, 15) is 0 Å². The minimum atomic E-state index is 0.652. The van der Waals surface area contributed by atoms with Gasteiger partial charge in [0.25, 0.3) is 0 Å². The molecule has 0 N–H and O–H groups in total. The molecule has 0 fully saturated rings. The molecule has 0 spiro atoms. The molecule has 0 aliphatic carbocycles. The van der Waals surface area contributed by atoms with Crippen LogP contribution in [0.15, 0.2) is 206 Å². The van der Waals surface area contributed by atoms with Crippen LogP contribution in [0.1, 0.15) is 0 Å². The highest BCUT2D eigenvalue weighted by atomic mass is 32.1. The van der Waals surface area contributed by atoms with Crippen LogP contribution < -0.4 is 4.90 Å². The molecule has 0 unspecified atom stereocenters. The molecule has 4 nitrogen and oxygen atoms in total. The van der Waals surface area contributed by atoms with E-state index in [4.69, 9.17) is 15.0 Å². The lowest BCUT2D eigenvalue weighted by molar-refractivity contribution is 1.07. The van der Waals surface area contributed by atoms with Crippen LogP contribution in [0.4, 0.5) is 17.1 Å². The Kier molecular flexibility index (Phi) is 8.30. The lowest BCUT2D eigenvalue weighted by Gasteiger charge is -2.27. The van der Waals surface area contributed by atoms with Gasteiger partial charge in [-0.25, -0.2) is 15.0 Å². The smallest absolute Gasteiger partial charge is 0.164 e. The number of rotatable bonds is 7. The lowest BCUT2D eigenvalue weighted by atomic mass is 9.99. The Morgan fingerprint density at radius 3 is 1.52 bits per heavy atom. The number of anilines is 3. The van der Waals surface area contributed by atoms with Crippen LogP contribution in [-0.4, -0.2) is 15.0 Å². The van der Waals surface area contributed by atoms with Gasteiger partial charge in [-0.1, -0.05) is 170 Å². The predicted molar refractivity (Wildman–Crippen MR) is 244 cm³/mol. The molecule has 0 aliphatic heterocycles. The second-order valence-electron chi connectivity index (χ2n) is 14.4. The molecular formula is C53H34N4S. The van der Waals surface area contributed by atoms with Crippen molar-refractivity contribution in [3.05, 3.63) is 206 Å². The van der Waals surface area contributed by atoms with Crippen molar-refractivity contribution < 1.29 is 0 Å². The molecule has 0 aliphatic rings. The van der Waals surface area contributed by atoms with Crippen LogP contribution in [0.3, 0.4) is 0 Å². The van der Waals surface area contributed by atoms with Crippen molar-refractivity contribution in [2.24, 2.45) is 0 Å². The van der Waals surface area contributed by atoms with E-state index in [1.807, 2.05) is 72.0 Å². The van der Waals surface area contributed by atoms with Gasteiger partial charge in [-0.3, -0.25) is 0 Å². The van der Waals surface area contributed by atoms with Crippen molar-refractivity contribution in [1.29, 1.82) is 0 Å². The molecule has 0 saturated heterocycles. The van der Waals surface area contributed by atoms with Crippen molar-refractivity contribution in [1.82, 2.24) is 15.0 Å². The molecule has 11 rings (SSSR count). The van der Waals surface area contributed by atoms with E-state index < -0.39 is 0 Å². The van der Waals surface area contributed by atoms with Gasteiger partial charge in [-0.15, -0.1) is 11.3 Å². The lowest BCUT2D eigenvalue weighted by Crippen LogP contribution is -2.10. The van der Waals surface area contributed by atoms with E-state index in [0.717, 1.165) is 33.8 Å². The summed E-state index contributed by atoms with van der Waals surface area (Å²) in [6.07, 6.45) is 0. The van der Waals surface area contributed by atoms with Gasteiger partial charge in [0.2, 0.25) is 0 Å². The molecule has 2 aromatic heterocycles. The molecule has 2 heterocycles. The third kappa shape index (κ3) is 6.06. The molecule has 0 bridgehead atoms. The summed E-state index contributed by atoms with van der Waals surface area (Å²) in [4.78, 5) is 17.4. The summed E-state index contributed by atoms with van der Waals surface area (Å²) in [6, 6.07) is 73.0. The SMILES string of the molecule is c1ccc(-c2ccc(N(c3ccc4ccccc4c3)c3cc4sc5cc(-c6nc(-c7ccccc7)nc(-c7ccccc7)n6)ccc5c4c4ccccc34)cc2)cc1. The summed E-state index contributed by atoms with van der Waals surface area (Å²) < 4.78 is 2.40. The van der Waals surface area contributed by atoms with Gasteiger partial charge < -0.3 is 4.90 Å². The quantitative estimate of drug-likeness (QED) is 0.162. The molecular weight excluding hydrogens is 725 g/mol. The maximum Gasteiger partial charge on any atom is 0.164 e. The molecule has 0 atom stereocenters. The first-order chi connectivity index (χ1) is 28.7. The third-order valence-corrected chi connectivity index (χ3v) is 12.0. The van der Waals surface area contributed by atoms with Crippen molar-refractivity contribution >= 4 is 70.1 Å². The zero-order chi connectivity index (χ0) is 38.4. The zero-order valence-corrected chi connectivity index (χ0v) is 32.1. The van der Waals surface area contributed by atoms with Gasteiger partial charge in [-0.05, 0) is 63.7 Å². The van der Waals surface area contributed by atoms with Crippen LogP contribution in [-0.2, 0) is 0 Å². The Morgan fingerprint density at radius 2 is 0.845 bits per heavy atom. The van der Waals surface area contributed by atoms with Gasteiger partial charge >= 0.3 is 0 Å². The fourth-order valence-corrected chi connectivity index (χ4v) is 9.26. The number of benzene rings is 9. The van der Waals surface area contributed by atoms with E-state index in [-0.39, 0.29) is 0 Å². The molecule has 9 aromatic carbocycles. The van der Waals surface area contributed by atoms with Crippen LogP contribution in [0.2, 0.25) is 0 Å².